The van der Waals surface area contributed by atoms with Crippen molar-refractivity contribution in [2.24, 2.45) is 5.92 Å². The normalized spacial score (nSPS) is 11.9. The standard InChI is InChI=1S/C13H18F3NO/c1-10(2)9-17-8-7-11-5-3-4-6-12(11)18-13(14,15)16/h3-6,10,17H,7-9H2,1-2H3. The number of ether oxygens (including phenoxy) is 1. The Kier molecular flexibility index (Phi) is 5.47. The van der Waals surface area contributed by atoms with E-state index in [9.17, 15) is 13.2 Å². The molecule has 0 aromatic heterocycles. The number of halogens is 3. The summed E-state index contributed by atoms with van der Waals surface area (Å²) >= 11 is 0. The fraction of sp³-hybridized carbons (Fsp3) is 0.538. The Morgan fingerprint density at radius 3 is 2.50 bits per heavy atom. The molecule has 1 aromatic carbocycles. The lowest BCUT2D eigenvalue weighted by molar-refractivity contribution is -0.274. The van der Waals surface area contributed by atoms with Crippen molar-refractivity contribution < 1.29 is 17.9 Å². The van der Waals surface area contributed by atoms with Crippen molar-refractivity contribution in [1.29, 1.82) is 0 Å². The highest BCUT2D eigenvalue weighted by Gasteiger charge is 2.31. The predicted octanol–water partition coefficient (Wildman–Crippen LogP) is 3.37. The van der Waals surface area contributed by atoms with Crippen LogP contribution in [0, 0.1) is 5.92 Å². The van der Waals surface area contributed by atoms with E-state index in [4.69, 9.17) is 0 Å². The molecule has 0 amide bonds. The molecular weight excluding hydrogens is 243 g/mol. The van der Waals surface area contributed by atoms with Crippen molar-refractivity contribution in [3.05, 3.63) is 29.8 Å². The number of hydrogen-bond acceptors (Lipinski definition) is 2. The molecule has 102 valence electrons. The zero-order chi connectivity index (χ0) is 13.6. The average Bonchev–Trinajstić information content (AvgIpc) is 2.24. The highest BCUT2D eigenvalue weighted by atomic mass is 19.4. The Bertz CT molecular complexity index is 363. The number of para-hydroxylation sites is 1. The van der Waals surface area contributed by atoms with Gasteiger partial charge in [0, 0.05) is 0 Å². The largest absolute Gasteiger partial charge is 0.573 e. The van der Waals surface area contributed by atoms with Crippen molar-refractivity contribution >= 4 is 0 Å². The van der Waals surface area contributed by atoms with Crippen LogP contribution in [-0.2, 0) is 6.42 Å². The van der Waals surface area contributed by atoms with Gasteiger partial charge in [-0.2, -0.15) is 0 Å². The molecule has 0 saturated heterocycles. The molecule has 0 spiro atoms. The Labute approximate surface area is 105 Å². The van der Waals surface area contributed by atoms with Crippen LogP contribution in [-0.4, -0.2) is 19.5 Å². The van der Waals surface area contributed by atoms with Gasteiger partial charge in [0.15, 0.2) is 0 Å². The van der Waals surface area contributed by atoms with Gasteiger partial charge in [-0.15, -0.1) is 13.2 Å². The van der Waals surface area contributed by atoms with Crippen molar-refractivity contribution in [2.75, 3.05) is 13.1 Å². The molecule has 0 heterocycles. The van der Waals surface area contributed by atoms with Crippen LogP contribution in [0.2, 0.25) is 0 Å². The SMILES string of the molecule is CC(C)CNCCc1ccccc1OC(F)(F)F. The van der Waals surface area contributed by atoms with Gasteiger partial charge in [0.25, 0.3) is 0 Å². The van der Waals surface area contributed by atoms with Crippen LogP contribution in [0.3, 0.4) is 0 Å². The first kappa shape index (κ1) is 14.8. The van der Waals surface area contributed by atoms with Gasteiger partial charge in [-0.05, 0) is 37.1 Å². The van der Waals surface area contributed by atoms with E-state index in [1.165, 1.54) is 12.1 Å². The van der Waals surface area contributed by atoms with Crippen LogP contribution in [0.4, 0.5) is 13.2 Å². The number of alkyl halides is 3. The predicted molar refractivity (Wildman–Crippen MR) is 64.5 cm³/mol. The lowest BCUT2D eigenvalue weighted by Gasteiger charge is -2.13. The molecule has 0 aliphatic rings. The van der Waals surface area contributed by atoms with E-state index in [2.05, 4.69) is 23.9 Å². The van der Waals surface area contributed by atoms with E-state index in [1.54, 1.807) is 12.1 Å². The lowest BCUT2D eigenvalue weighted by atomic mass is 10.1. The number of nitrogens with one attached hydrogen (secondary N) is 1. The van der Waals surface area contributed by atoms with Gasteiger partial charge in [0.1, 0.15) is 5.75 Å². The fourth-order valence-electron chi connectivity index (χ4n) is 1.55. The zero-order valence-electron chi connectivity index (χ0n) is 10.6. The summed E-state index contributed by atoms with van der Waals surface area (Å²) in [5.41, 5.74) is 0.561. The number of hydrogen-bond donors (Lipinski definition) is 1. The molecule has 0 radical (unpaired) electrons. The first-order valence-electron chi connectivity index (χ1n) is 5.93. The molecule has 1 aromatic rings. The average molecular weight is 261 g/mol. The summed E-state index contributed by atoms with van der Waals surface area (Å²) in [6.07, 6.45) is -4.12. The quantitative estimate of drug-likeness (QED) is 0.793. The molecule has 5 heteroatoms. The zero-order valence-corrected chi connectivity index (χ0v) is 10.6. The summed E-state index contributed by atoms with van der Waals surface area (Å²) in [5, 5.41) is 3.19. The van der Waals surface area contributed by atoms with E-state index < -0.39 is 6.36 Å². The topological polar surface area (TPSA) is 21.3 Å². The van der Waals surface area contributed by atoms with Gasteiger partial charge >= 0.3 is 6.36 Å². The highest BCUT2D eigenvalue weighted by molar-refractivity contribution is 5.33. The molecule has 2 nitrogen and oxygen atoms in total. The second-order valence-corrected chi connectivity index (χ2v) is 4.50. The molecule has 1 N–H and O–H groups in total. The molecular formula is C13H18F3NO. The van der Waals surface area contributed by atoms with Crippen molar-refractivity contribution in [3.8, 4) is 5.75 Å². The summed E-state index contributed by atoms with van der Waals surface area (Å²) < 4.78 is 40.5. The maximum Gasteiger partial charge on any atom is 0.573 e. The smallest absolute Gasteiger partial charge is 0.406 e. The van der Waals surface area contributed by atoms with Crippen LogP contribution in [0.25, 0.3) is 0 Å². The van der Waals surface area contributed by atoms with E-state index in [1.807, 2.05) is 0 Å². The molecule has 0 atom stereocenters. The molecule has 0 saturated carbocycles. The van der Waals surface area contributed by atoms with Gasteiger partial charge in [-0.25, -0.2) is 0 Å². The monoisotopic (exact) mass is 261 g/mol. The molecule has 0 aliphatic carbocycles. The Balaban J connectivity index is 2.54. The third kappa shape index (κ3) is 5.91. The van der Waals surface area contributed by atoms with Gasteiger partial charge in [-0.1, -0.05) is 32.0 Å². The van der Waals surface area contributed by atoms with Gasteiger partial charge in [0.2, 0.25) is 0 Å². The minimum Gasteiger partial charge on any atom is -0.406 e. The summed E-state index contributed by atoms with van der Waals surface area (Å²) in [4.78, 5) is 0. The maximum atomic E-state index is 12.2. The van der Waals surface area contributed by atoms with Gasteiger partial charge in [0.05, 0.1) is 0 Å². The minimum atomic E-state index is -4.64. The Hall–Kier alpha value is -1.23. The summed E-state index contributed by atoms with van der Waals surface area (Å²) in [5.74, 6) is 0.406. The summed E-state index contributed by atoms with van der Waals surface area (Å²) in [6.45, 7) is 5.64. The summed E-state index contributed by atoms with van der Waals surface area (Å²) in [7, 11) is 0. The third-order valence-corrected chi connectivity index (χ3v) is 2.32. The van der Waals surface area contributed by atoms with E-state index in [0.717, 1.165) is 6.54 Å². The van der Waals surface area contributed by atoms with Crippen LogP contribution in [0.1, 0.15) is 19.4 Å². The summed E-state index contributed by atoms with van der Waals surface area (Å²) in [6, 6.07) is 6.23. The van der Waals surface area contributed by atoms with Crippen molar-refractivity contribution in [1.82, 2.24) is 5.32 Å². The van der Waals surface area contributed by atoms with E-state index >= 15 is 0 Å². The van der Waals surface area contributed by atoms with Crippen molar-refractivity contribution in [3.63, 3.8) is 0 Å². The molecule has 0 aliphatic heterocycles. The lowest BCUT2D eigenvalue weighted by Crippen LogP contribution is -2.23. The first-order chi connectivity index (χ1) is 8.38. The third-order valence-electron chi connectivity index (χ3n) is 2.32. The Morgan fingerprint density at radius 1 is 1.22 bits per heavy atom. The fourth-order valence-corrected chi connectivity index (χ4v) is 1.55. The number of rotatable bonds is 6. The van der Waals surface area contributed by atoms with E-state index in [0.29, 0.717) is 24.4 Å². The Morgan fingerprint density at radius 2 is 1.89 bits per heavy atom. The minimum absolute atomic E-state index is 0.114. The van der Waals surface area contributed by atoms with Crippen LogP contribution in [0.5, 0.6) is 5.75 Å². The van der Waals surface area contributed by atoms with Crippen LogP contribution in [0.15, 0.2) is 24.3 Å². The van der Waals surface area contributed by atoms with E-state index in [-0.39, 0.29) is 5.75 Å². The molecule has 0 bridgehead atoms. The van der Waals surface area contributed by atoms with Crippen LogP contribution < -0.4 is 10.1 Å². The maximum absolute atomic E-state index is 12.2. The second-order valence-electron chi connectivity index (χ2n) is 4.50. The highest BCUT2D eigenvalue weighted by Crippen LogP contribution is 2.26. The molecule has 0 unspecified atom stereocenters. The van der Waals surface area contributed by atoms with Gasteiger partial charge in [-0.3, -0.25) is 0 Å². The molecule has 0 fully saturated rings. The first-order valence-corrected chi connectivity index (χ1v) is 5.93. The molecule has 18 heavy (non-hydrogen) atoms. The number of benzene rings is 1. The molecule has 1 rings (SSSR count). The van der Waals surface area contributed by atoms with Crippen LogP contribution >= 0.6 is 0 Å². The van der Waals surface area contributed by atoms with Gasteiger partial charge < -0.3 is 10.1 Å². The second kappa shape index (κ2) is 6.64. The van der Waals surface area contributed by atoms with Crippen molar-refractivity contribution in [2.45, 2.75) is 26.6 Å².